The second kappa shape index (κ2) is 9.93. The number of aliphatic imine (C=N–C) groups is 1. The molecule has 0 saturated carbocycles. The number of rotatable bonds is 6. The molecule has 5 N–H and O–H groups in total. The van der Waals surface area contributed by atoms with Gasteiger partial charge in [0.1, 0.15) is 12.1 Å². The van der Waals surface area contributed by atoms with E-state index < -0.39 is 59.8 Å². The van der Waals surface area contributed by atoms with Crippen LogP contribution in [0.5, 0.6) is 0 Å². The lowest BCUT2D eigenvalue weighted by atomic mass is 9.97. The fraction of sp³-hybridized carbons (Fsp3) is 0.562. The zero-order valence-electron chi connectivity index (χ0n) is 16.4. The molecule has 14 heteroatoms. The van der Waals surface area contributed by atoms with Gasteiger partial charge >= 0.3 is 18.1 Å². The van der Waals surface area contributed by atoms with E-state index in [1.807, 2.05) is 0 Å². The van der Waals surface area contributed by atoms with Crippen LogP contribution in [-0.4, -0.2) is 72.6 Å². The van der Waals surface area contributed by atoms with Crippen molar-refractivity contribution < 1.29 is 41.8 Å². The highest BCUT2D eigenvalue weighted by Crippen LogP contribution is 2.25. The van der Waals surface area contributed by atoms with Gasteiger partial charge in [-0.15, -0.1) is 0 Å². The van der Waals surface area contributed by atoms with Gasteiger partial charge in [0.2, 0.25) is 11.7 Å². The Labute approximate surface area is 169 Å². The van der Waals surface area contributed by atoms with Crippen molar-refractivity contribution in [3.63, 3.8) is 0 Å². The molecule has 0 aromatic carbocycles. The zero-order valence-corrected chi connectivity index (χ0v) is 16.4. The third-order valence-corrected chi connectivity index (χ3v) is 3.73. The molecule has 0 fully saturated rings. The van der Waals surface area contributed by atoms with Crippen molar-refractivity contribution in [3.05, 3.63) is 11.8 Å². The predicted molar refractivity (Wildman–Crippen MR) is 95.2 cm³/mol. The van der Waals surface area contributed by atoms with Crippen LogP contribution in [-0.2, 0) is 28.7 Å². The van der Waals surface area contributed by atoms with Gasteiger partial charge in [0.05, 0.1) is 0 Å². The van der Waals surface area contributed by atoms with E-state index in [1.165, 1.54) is 11.9 Å². The maximum Gasteiger partial charge on any atom is 0.491 e. The van der Waals surface area contributed by atoms with Crippen LogP contribution in [0.2, 0.25) is 0 Å². The van der Waals surface area contributed by atoms with E-state index in [-0.39, 0.29) is 6.54 Å². The minimum absolute atomic E-state index is 0.272. The van der Waals surface area contributed by atoms with Crippen LogP contribution < -0.4 is 16.8 Å². The van der Waals surface area contributed by atoms with Crippen molar-refractivity contribution in [1.82, 2.24) is 10.2 Å². The smallest absolute Gasteiger partial charge is 0.471 e. The number of nitrogens with one attached hydrogen (secondary N) is 1. The number of nitrogens with two attached hydrogens (primary N) is 2. The van der Waals surface area contributed by atoms with Gasteiger partial charge in [-0.3, -0.25) is 9.59 Å². The number of esters is 2. The summed E-state index contributed by atoms with van der Waals surface area (Å²) in [5.74, 6) is -7.28. The van der Waals surface area contributed by atoms with Crippen LogP contribution in [0.3, 0.4) is 0 Å². The predicted octanol–water partition coefficient (Wildman–Crippen LogP) is -1.08. The summed E-state index contributed by atoms with van der Waals surface area (Å²) in [6, 6.07) is -2.48. The standard InChI is InChI=1S/C16H22F3N5O6/c1-4-5-24(3)12(26)11-10(22-7(2)25)8(23-15(20)21)6-9(29-11)13(27)30-14(28)16(17,18)19/h6,8,10-11H,4-5H2,1-3H3,(H,22,25)(H4,20,21,23)/t8-,10+,11+/m0/s1. The molecular weight excluding hydrogens is 415 g/mol. The molecule has 1 heterocycles. The van der Waals surface area contributed by atoms with Gasteiger partial charge in [0.15, 0.2) is 12.1 Å². The van der Waals surface area contributed by atoms with Crippen molar-refractivity contribution in [1.29, 1.82) is 0 Å². The molecular formula is C16H22F3N5O6. The van der Waals surface area contributed by atoms with Gasteiger partial charge < -0.3 is 31.2 Å². The summed E-state index contributed by atoms with van der Waals surface area (Å²) in [6.45, 7) is 3.19. The Balaban J connectivity index is 3.36. The Kier molecular flexibility index (Phi) is 8.19. The van der Waals surface area contributed by atoms with Gasteiger partial charge in [-0.25, -0.2) is 14.6 Å². The first-order valence-electron chi connectivity index (χ1n) is 8.60. The number of carbonyl (C=O) groups is 4. The van der Waals surface area contributed by atoms with Gasteiger partial charge in [-0.2, -0.15) is 13.2 Å². The minimum Gasteiger partial charge on any atom is -0.471 e. The number of nitrogens with zero attached hydrogens (tertiary/aromatic N) is 2. The van der Waals surface area contributed by atoms with Crippen molar-refractivity contribution in [3.8, 4) is 0 Å². The number of likely N-dealkylation sites (N-methyl/N-ethyl adjacent to an activating group) is 1. The van der Waals surface area contributed by atoms with Gasteiger partial charge in [0, 0.05) is 20.5 Å². The zero-order chi connectivity index (χ0) is 23.2. The van der Waals surface area contributed by atoms with E-state index in [1.54, 1.807) is 6.92 Å². The Morgan fingerprint density at radius 2 is 1.90 bits per heavy atom. The van der Waals surface area contributed by atoms with Crippen molar-refractivity contribution in [2.75, 3.05) is 13.6 Å². The van der Waals surface area contributed by atoms with E-state index in [9.17, 15) is 32.3 Å². The summed E-state index contributed by atoms with van der Waals surface area (Å²) >= 11 is 0. The summed E-state index contributed by atoms with van der Waals surface area (Å²) in [5, 5.41) is 2.42. The molecule has 11 nitrogen and oxygen atoms in total. The van der Waals surface area contributed by atoms with Crippen molar-refractivity contribution >= 4 is 29.7 Å². The average Bonchev–Trinajstić information content (AvgIpc) is 2.60. The third kappa shape index (κ3) is 6.63. The Hall–Kier alpha value is -3.32. The first-order valence-corrected chi connectivity index (χ1v) is 8.60. The molecule has 168 valence electrons. The van der Waals surface area contributed by atoms with E-state index in [4.69, 9.17) is 16.2 Å². The first-order chi connectivity index (χ1) is 13.8. The van der Waals surface area contributed by atoms with Crippen LogP contribution in [0.1, 0.15) is 20.3 Å². The molecule has 0 aliphatic carbocycles. The van der Waals surface area contributed by atoms with Gasteiger partial charge in [-0.05, 0) is 12.5 Å². The molecule has 0 spiro atoms. The Morgan fingerprint density at radius 3 is 2.37 bits per heavy atom. The van der Waals surface area contributed by atoms with Gasteiger partial charge in [0.25, 0.3) is 5.91 Å². The number of amides is 2. The van der Waals surface area contributed by atoms with Crippen LogP contribution in [0, 0.1) is 0 Å². The SMILES string of the molecule is CCCN(C)C(=O)[C@@H]1OC(C(=O)OC(=O)C(F)(F)F)=C[C@H](N=C(N)N)[C@H]1NC(C)=O. The maximum atomic E-state index is 12.8. The summed E-state index contributed by atoms with van der Waals surface area (Å²) in [6.07, 6.45) is -5.62. The lowest BCUT2D eigenvalue weighted by molar-refractivity contribution is -0.202. The Bertz CT molecular complexity index is 763. The first kappa shape index (κ1) is 24.7. The summed E-state index contributed by atoms with van der Waals surface area (Å²) in [5.41, 5.74) is 10.7. The van der Waals surface area contributed by atoms with Gasteiger partial charge in [-0.1, -0.05) is 6.92 Å². The lowest BCUT2D eigenvalue weighted by Crippen LogP contribution is -2.58. The number of hydrogen-bond donors (Lipinski definition) is 3. The molecule has 0 saturated heterocycles. The summed E-state index contributed by atoms with van der Waals surface area (Å²) in [7, 11) is 1.42. The number of carbonyl (C=O) groups excluding carboxylic acids is 4. The maximum absolute atomic E-state index is 12.8. The highest BCUT2D eigenvalue weighted by molar-refractivity contribution is 5.97. The number of halogens is 3. The molecule has 1 aliphatic rings. The molecule has 0 aromatic rings. The molecule has 0 aromatic heterocycles. The molecule has 1 rings (SSSR count). The number of guanidine groups is 1. The van der Waals surface area contributed by atoms with Crippen LogP contribution in [0.15, 0.2) is 16.8 Å². The molecule has 0 bridgehead atoms. The van der Waals surface area contributed by atoms with Crippen molar-refractivity contribution in [2.24, 2.45) is 16.5 Å². The average molecular weight is 437 g/mol. The molecule has 0 radical (unpaired) electrons. The van der Waals surface area contributed by atoms with E-state index >= 15 is 0 Å². The quantitative estimate of drug-likeness (QED) is 0.204. The normalized spacial score (nSPS) is 20.9. The molecule has 30 heavy (non-hydrogen) atoms. The largest absolute Gasteiger partial charge is 0.491 e. The molecule has 2 amide bonds. The fourth-order valence-electron chi connectivity index (χ4n) is 2.55. The van der Waals surface area contributed by atoms with Crippen LogP contribution in [0.25, 0.3) is 0 Å². The van der Waals surface area contributed by atoms with E-state index in [0.717, 1.165) is 13.0 Å². The number of hydrogen-bond acceptors (Lipinski definition) is 7. The highest BCUT2D eigenvalue weighted by atomic mass is 19.4. The summed E-state index contributed by atoms with van der Waals surface area (Å²) < 4.78 is 46.1. The van der Waals surface area contributed by atoms with E-state index in [0.29, 0.717) is 6.42 Å². The minimum atomic E-state index is -5.43. The molecule has 0 unspecified atom stereocenters. The molecule has 1 aliphatic heterocycles. The third-order valence-electron chi connectivity index (χ3n) is 3.73. The van der Waals surface area contributed by atoms with Crippen LogP contribution in [0.4, 0.5) is 13.2 Å². The Morgan fingerprint density at radius 1 is 1.30 bits per heavy atom. The second-order valence-electron chi connectivity index (χ2n) is 6.27. The summed E-state index contributed by atoms with van der Waals surface area (Å²) in [4.78, 5) is 52.3. The van der Waals surface area contributed by atoms with Crippen molar-refractivity contribution in [2.45, 2.75) is 44.6 Å². The fourth-order valence-corrected chi connectivity index (χ4v) is 2.55. The van der Waals surface area contributed by atoms with Crippen LogP contribution >= 0.6 is 0 Å². The lowest BCUT2D eigenvalue weighted by Gasteiger charge is -2.36. The number of alkyl halides is 3. The second-order valence-corrected chi connectivity index (χ2v) is 6.27. The topological polar surface area (TPSA) is 166 Å². The highest BCUT2D eigenvalue weighted by Gasteiger charge is 2.46. The number of ether oxygens (including phenoxy) is 2. The van der Waals surface area contributed by atoms with E-state index in [2.05, 4.69) is 15.0 Å². The monoisotopic (exact) mass is 437 g/mol. The molecule has 3 atom stereocenters.